The molecule has 0 saturated heterocycles. The normalized spacial score (nSPS) is 15.6. The van der Waals surface area contributed by atoms with Crippen molar-refractivity contribution in [1.82, 2.24) is 0 Å². The van der Waals surface area contributed by atoms with Crippen LogP contribution in [0.25, 0.3) is 11.0 Å². The van der Waals surface area contributed by atoms with Gasteiger partial charge in [0.2, 0.25) is 0 Å². The highest BCUT2D eigenvalue weighted by Gasteiger charge is 2.25. The number of carbonyl (C=O) groups is 1. The number of rotatable bonds is 4. The van der Waals surface area contributed by atoms with E-state index in [1.165, 1.54) is 17.4 Å². The summed E-state index contributed by atoms with van der Waals surface area (Å²) in [6.07, 6.45) is 2.78. The molecular formula is C23H22N2O4S. The largest absolute Gasteiger partial charge is 0.491 e. The molecule has 1 aliphatic carbocycles. The molecule has 1 amide bonds. The van der Waals surface area contributed by atoms with Crippen LogP contribution in [0.2, 0.25) is 0 Å². The Morgan fingerprint density at radius 3 is 2.90 bits per heavy atom. The predicted octanol–water partition coefficient (Wildman–Crippen LogP) is 4.89. The fourth-order valence-corrected chi connectivity index (χ4v) is 5.16. The van der Waals surface area contributed by atoms with Gasteiger partial charge in [-0.3, -0.25) is 4.79 Å². The van der Waals surface area contributed by atoms with Crippen LogP contribution in [0.1, 0.15) is 53.6 Å². The van der Waals surface area contributed by atoms with Gasteiger partial charge in [0, 0.05) is 22.4 Å². The van der Waals surface area contributed by atoms with Crippen LogP contribution in [-0.4, -0.2) is 12.0 Å². The van der Waals surface area contributed by atoms with Crippen molar-refractivity contribution in [2.45, 2.75) is 46.1 Å². The first kappa shape index (κ1) is 20.2. The SMILES string of the molecule is CC1CCc2c(sc(NC(=O)c3cc(=O)oc4cc(OC(C)C)ccc34)c2C#N)C1. The van der Waals surface area contributed by atoms with Gasteiger partial charge in [0.1, 0.15) is 22.4 Å². The summed E-state index contributed by atoms with van der Waals surface area (Å²) in [6, 6.07) is 8.49. The lowest BCUT2D eigenvalue weighted by Crippen LogP contribution is -2.15. The van der Waals surface area contributed by atoms with Gasteiger partial charge in [0.05, 0.1) is 17.2 Å². The summed E-state index contributed by atoms with van der Waals surface area (Å²) in [5.41, 5.74) is 1.46. The molecule has 1 unspecified atom stereocenters. The van der Waals surface area contributed by atoms with Gasteiger partial charge in [-0.15, -0.1) is 11.3 Å². The summed E-state index contributed by atoms with van der Waals surface area (Å²) in [6.45, 7) is 6.00. The zero-order valence-corrected chi connectivity index (χ0v) is 17.9. The Labute approximate surface area is 178 Å². The van der Waals surface area contributed by atoms with Crippen molar-refractivity contribution in [2.24, 2.45) is 5.92 Å². The Balaban J connectivity index is 1.71. The van der Waals surface area contributed by atoms with Crippen LogP contribution in [0.4, 0.5) is 5.00 Å². The van der Waals surface area contributed by atoms with Crippen LogP contribution in [0, 0.1) is 17.2 Å². The first-order valence-electron chi connectivity index (χ1n) is 9.96. The van der Waals surface area contributed by atoms with Gasteiger partial charge in [-0.25, -0.2) is 4.79 Å². The van der Waals surface area contributed by atoms with Gasteiger partial charge in [0.25, 0.3) is 5.91 Å². The number of anilines is 1. The second-order valence-electron chi connectivity index (χ2n) is 7.93. The lowest BCUT2D eigenvalue weighted by atomic mass is 9.88. The van der Waals surface area contributed by atoms with Crippen molar-refractivity contribution in [1.29, 1.82) is 5.26 Å². The molecule has 0 saturated carbocycles. The van der Waals surface area contributed by atoms with E-state index in [0.717, 1.165) is 29.7 Å². The molecule has 2 heterocycles. The number of amides is 1. The fourth-order valence-electron chi connectivity index (χ4n) is 3.80. The Morgan fingerprint density at radius 2 is 2.17 bits per heavy atom. The zero-order chi connectivity index (χ0) is 21.4. The summed E-state index contributed by atoms with van der Waals surface area (Å²) < 4.78 is 10.9. The van der Waals surface area contributed by atoms with Gasteiger partial charge in [-0.2, -0.15) is 5.26 Å². The number of thiophene rings is 1. The molecule has 0 radical (unpaired) electrons. The molecule has 0 aliphatic heterocycles. The van der Waals surface area contributed by atoms with E-state index in [1.807, 2.05) is 13.8 Å². The number of fused-ring (bicyclic) bond motifs is 2. The number of nitrogens with zero attached hydrogens (tertiary/aromatic N) is 1. The molecule has 0 spiro atoms. The summed E-state index contributed by atoms with van der Waals surface area (Å²) >= 11 is 1.46. The summed E-state index contributed by atoms with van der Waals surface area (Å²) in [5.74, 6) is 0.690. The molecule has 0 bridgehead atoms. The number of nitriles is 1. The van der Waals surface area contributed by atoms with Gasteiger partial charge in [-0.1, -0.05) is 6.92 Å². The number of hydrogen-bond acceptors (Lipinski definition) is 6. The highest BCUT2D eigenvalue weighted by Crippen LogP contribution is 2.39. The molecule has 1 aliphatic rings. The van der Waals surface area contributed by atoms with Crippen LogP contribution in [-0.2, 0) is 12.8 Å². The molecule has 154 valence electrons. The van der Waals surface area contributed by atoms with E-state index in [9.17, 15) is 14.9 Å². The lowest BCUT2D eigenvalue weighted by Gasteiger charge is -2.17. The first-order chi connectivity index (χ1) is 14.4. The maximum Gasteiger partial charge on any atom is 0.337 e. The van der Waals surface area contributed by atoms with Crippen molar-refractivity contribution in [3.05, 3.63) is 56.3 Å². The predicted molar refractivity (Wildman–Crippen MR) is 116 cm³/mol. The average molecular weight is 423 g/mol. The van der Waals surface area contributed by atoms with Crippen LogP contribution in [0.15, 0.2) is 33.5 Å². The first-order valence-corrected chi connectivity index (χ1v) is 10.8. The molecule has 6 nitrogen and oxygen atoms in total. The number of benzene rings is 1. The molecule has 7 heteroatoms. The summed E-state index contributed by atoms with van der Waals surface area (Å²) in [7, 11) is 0. The van der Waals surface area contributed by atoms with E-state index >= 15 is 0 Å². The zero-order valence-electron chi connectivity index (χ0n) is 17.1. The Kier molecular flexibility index (Phi) is 5.35. The monoisotopic (exact) mass is 422 g/mol. The summed E-state index contributed by atoms with van der Waals surface area (Å²) in [4.78, 5) is 26.3. The molecule has 1 N–H and O–H groups in total. The van der Waals surface area contributed by atoms with Crippen LogP contribution in [0.3, 0.4) is 0 Å². The van der Waals surface area contributed by atoms with E-state index in [1.54, 1.807) is 18.2 Å². The van der Waals surface area contributed by atoms with Crippen LogP contribution in [0.5, 0.6) is 5.75 Å². The topological polar surface area (TPSA) is 92.3 Å². The van der Waals surface area contributed by atoms with E-state index in [0.29, 0.717) is 27.6 Å². The Bertz CT molecular complexity index is 1230. The maximum absolute atomic E-state index is 13.1. The molecule has 3 aromatic rings. The van der Waals surface area contributed by atoms with Gasteiger partial charge in [0.15, 0.2) is 0 Å². The Morgan fingerprint density at radius 1 is 1.37 bits per heavy atom. The number of nitrogens with one attached hydrogen (secondary N) is 1. The Hall–Kier alpha value is -3.11. The van der Waals surface area contributed by atoms with Crippen molar-refractivity contribution in [2.75, 3.05) is 5.32 Å². The third-order valence-corrected chi connectivity index (χ3v) is 6.35. The van der Waals surface area contributed by atoms with E-state index < -0.39 is 11.5 Å². The highest BCUT2D eigenvalue weighted by molar-refractivity contribution is 7.16. The average Bonchev–Trinajstić information content (AvgIpc) is 3.02. The number of hydrogen-bond donors (Lipinski definition) is 1. The van der Waals surface area contributed by atoms with Gasteiger partial charge >= 0.3 is 5.63 Å². The van der Waals surface area contributed by atoms with Crippen LogP contribution < -0.4 is 15.7 Å². The van der Waals surface area contributed by atoms with Gasteiger partial charge < -0.3 is 14.5 Å². The fraction of sp³-hybridized carbons (Fsp3) is 0.348. The third kappa shape index (κ3) is 3.83. The smallest absolute Gasteiger partial charge is 0.337 e. The summed E-state index contributed by atoms with van der Waals surface area (Å²) in [5, 5.41) is 13.6. The van der Waals surface area contributed by atoms with Crippen LogP contribution >= 0.6 is 11.3 Å². The number of carbonyl (C=O) groups excluding carboxylic acids is 1. The maximum atomic E-state index is 13.1. The van der Waals surface area contributed by atoms with E-state index in [-0.39, 0.29) is 17.3 Å². The minimum Gasteiger partial charge on any atom is -0.491 e. The molecule has 0 fully saturated rings. The second-order valence-corrected chi connectivity index (χ2v) is 9.03. The van der Waals surface area contributed by atoms with E-state index in [2.05, 4.69) is 18.3 Å². The third-order valence-electron chi connectivity index (χ3n) is 5.18. The molecule has 4 rings (SSSR count). The standard InChI is InChI=1S/C23H22N2O4S/c1-12(2)28-14-5-7-15-17(10-21(26)29-19(15)9-14)22(27)25-23-18(11-24)16-6-4-13(3)8-20(16)30-23/h5,7,9-10,12-13H,4,6,8H2,1-3H3,(H,25,27). The van der Waals surface area contributed by atoms with Gasteiger partial charge in [-0.05, 0) is 56.7 Å². The molecule has 1 atom stereocenters. The second kappa shape index (κ2) is 7.96. The lowest BCUT2D eigenvalue weighted by molar-refractivity contribution is 0.102. The molecular weight excluding hydrogens is 400 g/mol. The number of ether oxygens (including phenoxy) is 1. The minimum absolute atomic E-state index is 0.0300. The quantitative estimate of drug-likeness (QED) is 0.604. The van der Waals surface area contributed by atoms with E-state index in [4.69, 9.17) is 9.15 Å². The van der Waals surface area contributed by atoms with Crippen molar-refractivity contribution >= 4 is 33.2 Å². The molecule has 1 aromatic carbocycles. The van der Waals surface area contributed by atoms with Crippen molar-refractivity contribution in [3.8, 4) is 11.8 Å². The minimum atomic E-state index is -0.617. The molecule has 30 heavy (non-hydrogen) atoms. The van der Waals surface area contributed by atoms with Crippen molar-refractivity contribution < 1.29 is 13.9 Å². The highest BCUT2D eigenvalue weighted by atomic mass is 32.1. The van der Waals surface area contributed by atoms with Crippen molar-refractivity contribution in [3.63, 3.8) is 0 Å². The molecule has 2 aromatic heterocycles.